The van der Waals surface area contributed by atoms with E-state index >= 15 is 0 Å². The summed E-state index contributed by atoms with van der Waals surface area (Å²) >= 11 is 1.16. The Kier molecular flexibility index (Phi) is 1.49. The fourth-order valence-corrected chi connectivity index (χ4v) is 0.870. The molecule has 0 amide bonds. The van der Waals surface area contributed by atoms with Crippen molar-refractivity contribution < 1.29 is 4.74 Å². The van der Waals surface area contributed by atoms with Crippen LogP contribution in [0.1, 0.15) is 0 Å². The molecule has 1 aliphatic rings. The van der Waals surface area contributed by atoms with Crippen molar-refractivity contribution >= 4 is 16.5 Å². The van der Waals surface area contributed by atoms with E-state index in [1.807, 2.05) is 0 Å². The molecule has 0 aromatic heterocycles. The highest BCUT2D eigenvalue weighted by molar-refractivity contribution is 6.04. The Morgan fingerprint density at radius 1 is 1.67 bits per heavy atom. The highest BCUT2D eigenvalue weighted by Gasteiger charge is 2.02. The van der Waals surface area contributed by atoms with Crippen LogP contribution in [0.25, 0.3) is 0 Å². The van der Waals surface area contributed by atoms with Crippen LogP contribution >= 0.6 is 0 Å². The van der Waals surface area contributed by atoms with Crippen molar-refractivity contribution in [1.29, 1.82) is 0 Å². The zero-order chi connectivity index (χ0) is 4.41. The van der Waals surface area contributed by atoms with Crippen LogP contribution in [-0.2, 0) is 4.74 Å². The Bertz CT molecular complexity index is 44.1. The van der Waals surface area contributed by atoms with Crippen LogP contribution in [0.2, 0.25) is 0 Å². The van der Waals surface area contributed by atoms with E-state index in [0.29, 0.717) is 0 Å². The summed E-state index contributed by atoms with van der Waals surface area (Å²) in [6.45, 7) is 2.99. The van der Waals surface area contributed by atoms with E-state index in [2.05, 4.69) is 3.88 Å². The van der Waals surface area contributed by atoms with Gasteiger partial charge in [-0.2, -0.15) is 0 Å². The maximum atomic E-state index is 5.02. The quantitative estimate of drug-likeness (QED) is 0.356. The van der Waals surface area contributed by atoms with E-state index in [4.69, 9.17) is 4.74 Å². The van der Waals surface area contributed by atoms with E-state index in [-0.39, 0.29) is 0 Å². The average molecular weight is 101 g/mol. The Labute approximate surface area is 45.7 Å². The van der Waals surface area contributed by atoms with Gasteiger partial charge in [0.15, 0.2) is 0 Å². The molecule has 0 aromatic rings. The zero-order valence-corrected chi connectivity index (χ0v) is 5.98. The lowest BCUT2D eigenvalue weighted by Crippen LogP contribution is -2.14. The Balaban J connectivity index is 2.18. The lowest BCUT2D eigenvalue weighted by atomic mass is 10.7. The molecule has 0 radical (unpaired) electrons. The summed E-state index contributed by atoms with van der Waals surface area (Å²) in [5, 5.41) is 0. The Hall–Kier alpha value is 0.452. The van der Waals surface area contributed by atoms with E-state index < -0.39 is 0 Å². The molecule has 0 spiro atoms. The van der Waals surface area contributed by atoms with Crippen LogP contribution in [0.5, 0.6) is 0 Å². The van der Waals surface area contributed by atoms with Crippen molar-refractivity contribution in [2.45, 2.75) is 0 Å². The summed E-state index contributed by atoms with van der Waals surface area (Å²) in [4.78, 5) is 0. The standard InChI is InChI=1S/C3H6NO.Al.2H/c1-2-5-3-4-1;;;/h1-3H2;;;/q-1;+1;;. The van der Waals surface area contributed by atoms with Crippen molar-refractivity contribution in [2.24, 2.45) is 0 Å². The molecule has 0 atom stereocenters. The predicted octanol–water partition coefficient (Wildman–Crippen LogP) is -1.18. The van der Waals surface area contributed by atoms with Crippen LogP contribution in [0, 0.1) is 0 Å². The monoisotopic (exact) mass is 101 g/mol. The number of nitrogens with zero attached hydrogens (tertiary/aromatic N) is 1. The van der Waals surface area contributed by atoms with Gasteiger partial charge in [-0.25, -0.2) is 0 Å². The maximum absolute atomic E-state index is 5.02. The second-order valence-electron chi connectivity index (χ2n) is 1.62. The molecule has 2 nitrogen and oxygen atoms in total. The summed E-state index contributed by atoms with van der Waals surface area (Å²) in [6, 6.07) is 0. The second-order valence-corrected chi connectivity index (χ2v) is 2.88. The van der Waals surface area contributed by atoms with Gasteiger partial charge in [0.05, 0.1) is 13.3 Å². The van der Waals surface area contributed by atoms with E-state index in [9.17, 15) is 0 Å². The highest BCUT2D eigenvalue weighted by Crippen LogP contribution is 1.90. The lowest BCUT2D eigenvalue weighted by molar-refractivity contribution is 0.173. The fraction of sp³-hybridized carbons (Fsp3) is 1.00. The maximum Gasteiger partial charge on any atom is 0.324 e. The predicted molar refractivity (Wildman–Crippen MR) is 26.1 cm³/mol. The largest absolute Gasteiger partial charge is 0.368 e. The van der Waals surface area contributed by atoms with Gasteiger partial charge in [0.2, 0.25) is 0 Å². The molecule has 1 aliphatic heterocycles. The van der Waals surface area contributed by atoms with Gasteiger partial charge >= 0.3 is 16.5 Å². The molecule has 34 valence electrons. The van der Waals surface area contributed by atoms with Crippen molar-refractivity contribution in [3.05, 3.63) is 0 Å². The number of ether oxygens (including phenoxy) is 1. The number of hydrogen-bond donors (Lipinski definition) is 0. The first-order valence-electron chi connectivity index (χ1n) is 2.16. The fourth-order valence-electron chi connectivity index (χ4n) is 0.505. The first-order chi connectivity index (χ1) is 2.89. The molecule has 0 N–H and O–H groups in total. The van der Waals surface area contributed by atoms with Gasteiger partial charge in [0.1, 0.15) is 0 Å². The molecular weight excluding hydrogens is 93.0 g/mol. The minimum absolute atomic E-state index is 0.881. The van der Waals surface area contributed by atoms with Crippen LogP contribution < -0.4 is 0 Å². The minimum atomic E-state index is 0.881. The molecule has 1 fully saturated rings. The van der Waals surface area contributed by atoms with Crippen molar-refractivity contribution in [3.63, 3.8) is 0 Å². The first kappa shape index (κ1) is 4.61. The zero-order valence-electron chi connectivity index (χ0n) is 3.98. The Morgan fingerprint density at radius 3 is 2.67 bits per heavy atom. The highest BCUT2D eigenvalue weighted by atomic mass is 27.1. The van der Waals surface area contributed by atoms with Gasteiger partial charge in [-0.05, 0) is 0 Å². The molecular formula is C3H8AlNO. The van der Waals surface area contributed by atoms with Gasteiger partial charge in [-0.15, -0.1) is 0 Å². The molecule has 0 unspecified atom stereocenters. The van der Waals surface area contributed by atoms with Crippen LogP contribution in [0.4, 0.5) is 0 Å². The summed E-state index contributed by atoms with van der Waals surface area (Å²) in [6.07, 6.45) is 0. The van der Waals surface area contributed by atoms with Gasteiger partial charge in [0, 0.05) is 6.54 Å². The molecule has 3 heteroatoms. The number of hydrogen-bond acceptors (Lipinski definition) is 2. The number of rotatable bonds is 0. The van der Waals surface area contributed by atoms with E-state index in [1.54, 1.807) is 0 Å². The van der Waals surface area contributed by atoms with Crippen molar-refractivity contribution in [1.82, 2.24) is 3.88 Å². The van der Waals surface area contributed by atoms with Gasteiger partial charge in [-0.3, -0.25) is 0 Å². The summed E-state index contributed by atoms with van der Waals surface area (Å²) in [7, 11) is 0. The third kappa shape index (κ3) is 0.956. The Morgan fingerprint density at radius 2 is 2.50 bits per heavy atom. The lowest BCUT2D eigenvalue weighted by Gasteiger charge is -1.99. The molecule has 1 saturated heterocycles. The average Bonchev–Trinajstić information content (AvgIpc) is 1.86. The molecule has 1 heterocycles. The van der Waals surface area contributed by atoms with Gasteiger partial charge in [0.25, 0.3) is 0 Å². The van der Waals surface area contributed by atoms with Crippen LogP contribution in [-0.4, -0.2) is 40.3 Å². The third-order valence-electron chi connectivity index (χ3n) is 0.929. The first-order valence-corrected chi connectivity index (χ1v) is 3.05. The molecule has 0 saturated carbocycles. The van der Waals surface area contributed by atoms with Crippen molar-refractivity contribution in [3.8, 4) is 0 Å². The molecule has 6 heavy (non-hydrogen) atoms. The van der Waals surface area contributed by atoms with Crippen LogP contribution in [0.3, 0.4) is 0 Å². The summed E-state index contributed by atoms with van der Waals surface area (Å²) in [5.74, 6) is 0. The molecule has 0 aromatic carbocycles. The van der Waals surface area contributed by atoms with Crippen LogP contribution in [0.15, 0.2) is 0 Å². The van der Waals surface area contributed by atoms with E-state index in [0.717, 1.165) is 36.4 Å². The molecule has 1 rings (SSSR count). The summed E-state index contributed by atoms with van der Waals surface area (Å²) < 4.78 is 7.30. The molecule has 0 aliphatic carbocycles. The molecule has 0 bridgehead atoms. The SMILES string of the molecule is [AlH2][N]1CCOC1. The normalized spacial score (nSPS) is 25.3. The minimum Gasteiger partial charge on any atom is -0.368 e. The smallest absolute Gasteiger partial charge is 0.324 e. The van der Waals surface area contributed by atoms with Crippen molar-refractivity contribution in [2.75, 3.05) is 19.9 Å². The second kappa shape index (κ2) is 1.95. The third-order valence-corrected chi connectivity index (χ3v) is 1.63. The van der Waals surface area contributed by atoms with Gasteiger partial charge < -0.3 is 8.62 Å². The van der Waals surface area contributed by atoms with Gasteiger partial charge in [-0.1, -0.05) is 0 Å². The summed E-state index contributed by atoms with van der Waals surface area (Å²) in [5.41, 5.74) is 0. The van der Waals surface area contributed by atoms with E-state index in [1.165, 1.54) is 0 Å². The topological polar surface area (TPSA) is 12.5 Å².